The number of hydrogen-bond acceptors (Lipinski definition) is 2. The Morgan fingerprint density at radius 3 is 2.43 bits per heavy atom. The molecule has 0 aliphatic carbocycles. The summed E-state index contributed by atoms with van der Waals surface area (Å²) in [6.45, 7) is 3.10. The average molecular weight is 353 g/mol. The van der Waals surface area contributed by atoms with Crippen LogP contribution in [0.2, 0.25) is 5.02 Å². The summed E-state index contributed by atoms with van der Waals surface area (Å²) in [5.74, 6) is 0.00736. The average Bonchev–Trinajstić information content (AvgIpc) is 2.54. The van der Waals surface area contributed by atoms with Crippen LogP contribution in [0.5, 0.6) is 0 Å². The summed E-state index contributed by atoms with van der Waals surface area (Å²) in [5.41, 5.74) is 3.30. The first kappa shape index (κ1) is 19.5. The molecule has 1 atom stereocenters. The van der Waals surface area contributed by atoms with Crippen LogP contribution in [-0.2, 0) is 11.3 Å². The molecule has 0 aromatic heterocycles. The van der Waals surface area contributed by atoms with Gasteiger partial charge < -0.3 is 10.6 Å². The van der Waals surface area contributed by atoms with Crippen LogP contribution in [0, 0.1) is 5.92 Å². The van der Waals surface area contributed by atoms with Gasteiger partial charge in [0.15, 0.2) is 0 Å². The van der Waals surface area contributed by atoms with E-state index in [1.54, 1.807) is 0 Å². The molecule has 2 aromatic rings. The number of carbonyl (C=O) groups excluding carboxylic acids is 1. The van der Waals surface area contributed by atoms with Gasteiger partial charge in [0.1, 0.15) is 0 Å². The smallest absolute Gasteiger partial charge is 0.224 e. The van der Waals surface area contributed by atoms with E-state index in [0.717, 1.165) is 21.7 Å². The van der Waals surface area contributed by atoms with Gasteiger partial charge in [-0.05, 0) is 35.9 Å². The van der Waals surface area contributed by atoms with Crippen LogP contribution in [0.15, 0.2) is 48.5 Å². The number of hydrogen-bond donors (Lipinski definition) is 2. The van der Waals surface area contributed by atoms with Crippen LogP contribution < -0.4 is 10.6 Å². The van der Waals surface area contributed by atoms with Gasteiger partial charge in [-0.25, -0.2) is 0 Å². The molecule has 0 heterocycles. The first-order valence-corrected chi connectivity index (χ1v) is 7.75. The third-order valence-corrected chi connectivity index (χ3v) is 3.84. The van der Waals surface area contributed by atoms with Crippen LogP contribution in [0.4, 0.5) is 0 Å². The fourth-order valence-electron chi connectivity index (χ4n) is 2.34. The lowest BCUT2D eigenvalue weighted by atomic mass is 9.99. The molecular formula is C18H22Cl2N2O. The van der Waals surface area contributed by atoms with Crippen LogP contribution in [0.3, 0.4) is 0 Å². The number of carbonyl (C=O) groups is 1. The molecule has 3 nitrogen and oxygen atoms in total. The van der Waals surface area contributed by atoms with Crippen molar-refractivity contribution < 1.29 is 4.79 Å². The molecule has 0 aliphatic rings. The minimum atomic E-state index is -0.0484. The van der Waals surface area contributed by atoms with Crippen molar-refractivity contribution in [2.75, 3.05) is 13.6 Å². The molecule has 124 valence electrons. The van der Waals surface area contributed by atoms with E-state index in [-0.39, 0.29) is 24.2 Å². The Labute approximate surface area is 148 Å². The summed E-state index contributed by atoms with van der Waals surface area (Å²) >= 11 is 5.94. The maximum Gasteiger partial charge on any atom is 0.224 e. The van der Waals surface area contributed by atoms with Crippen molar-refractivity contribution in [3.8, 4) is 11.1 Å². The van der Waals surface area contributed by atoms with Crippen molar-refractivity contribution >= 4 is 29.9 Å². The second-order valence-electron chi connectivity index (χ2n) is 5.34. The van der Waals surface area contributed by atoms with Gasteiger partial charge in [0.05, 0.1) is 0 Å². The van der Waals surface area contributed by atoms with E-state index in [1.165, 1.54) is 0 Å². The maximum absolute atomic E-state index is 12.0. The summed E-state index contributed by atoms with van der Waals surface area (Å²) in [4.78, 5) is 12.0. The van der Waals surface area contributed by atoms with Crippen LogP contribution in [-0.4, -0.2) is 19.5 Å². The lowest BCUT2D eigenvalue weighted by Crippen LogP contribution is -2.34. The van der Waals surface area contributed by atoms with E-state index >= 15 is 0 Å². The van der Waals surface area contributed by atoms with Crippen molar-refractivity contribution in [1.29, 1.82) is 0 Å². The lowest BCUT2D eigenvalue weighted by molar-refractivity contribution is -0.124. The lowest BCUT2D eigenvalue weighted by Gasteiger charge is -2.14. The molecule has 1 amide bonds. The molecule has 0 saturated carbocycles. The monoisotopic (exact) mass is 352 g/mol. The molecule has 2 rings (SSSR count). The molecule has 0 bridgehead atoms. The van der Waals surface area contributed by atoms with Gasteiger partial charge >= 0.3 is 0 Å². The first-order chi connectivity index (χ1) is 10.6. The summed E-state index contributed by atoms with van der Waals surface area (Å²) in [6, 6.07) is 15.8. The maximum atomic E-state index is 12.0. The second-order valence-corrected chi connectivity index (χ2v) is 5.78. The number of rotatable bonds is 6. The third kappa shape index (κ3) is 5.54. The minimum Gasteiger partial charge on any atom is -0.352 e. The largest absolute Gasteiger partial charge is 0.352 e. The molecule has 0 fully saturated rings. The van der Waals surface area contributed by atoms with Crippen LogP contribution >= 0.6 is 24.0 Å². The Morgan fingerprint density at radius 2 is 1.78 bits per heavy atom. The zero-order valence-corrected chi connectivity index (χ0v) is 14.9. The van der Waals surface area contributed by atoms with Crippen molar-refractivity contribution in [2.45, 2.75) is 13.5 Å². The molecule has 0 aliphatic heterocycles. The highest BCUT2D eigenvalue weighted by atomic mass is 35.5. The van der Waals surface area contributed by atoms with Crippen LogP contribution in [0.1, 0.15) is 12.5 Å². The van der Waals surface area contributed by atoms with E-state index in [9.17, 15) is 4.79 Å². The van der Waals surface area contributed by atoms with Gasteiger partial charge in [0.2, 0.25) is 5.91 Å². The Hall–Kier alpha value is -1.55. The van der Waals surface area contributed by atoms with E-state index in [2.05, 4.69) is 16.7 Å². The predicted molar refractivity (Wildman–Crippen MR) is 99.1 cm³/mol. The van der Waals surface area contributed by atoms with Gasteiger partial charge in [0.25, 0.3) is 0 Å². The van der Waals surface area contributed by atoms with Crippen molar-refractivity contribution in [3.05, 3.63) is 59.1 Å². The normalized spacial score (nSPS) is 11.4. The SMILES string of the molecule is CNCC(C)C(=O)NCc1ccccc1-c1ccc(Cl)cc1.Cl. The topological polar surface area (TPSA) is 41.1 Å². The highest BCUT2D eigenvalue weighted by molar-refractivity contribution is 6.30. The van der Waals surface area contributed by atoms with E-state index in [4.69, 9.17) is 11.6 Å². The Bertz CT molecular complexity index is 629. The highest BCUT2D eigenvalue weighted by Gasteiger charge is 2.12. The number of nitrogens with one attached hydrogen (secondary N) is 2. The zero-order valence-electron chi connectivity index (χ0n) is 13.3. The van der Waals surface area contributed by atoms with Gasteiger partial charge in [-0.1, -0.05) is 54.9 Å². The number of amides is 1. The standard InChI is InChI=1S/C18H21ClN2O.ClH/c1-13(11-20-2)18(22)21-12-15-5-3-4-6-17(15)14-7-9-16(19)10-8-14;/h3-10,13,20H,11-12H2,1-2H3,(H,21,22);1H. The minimum absolute atomic E-state index is 0. The van der Waals surface area contributed by atoms with Gasteiger partial charge in [-0.3, -0.25) is 4.79 Å². The molecule has 2 N–H and O–H groups in total. The molecule has 0 saturated heterocycles. The summed E-state index contributed by atoms with van der Waals surface area (Å²) in [6.07, 6.45) is 0. The predicted octanol–water partition coefficient (Wildman–Crippen LogP) is 3.90. The Kier molecular flexibility index (Phi) is 8.10. The van der Waals surface area contributed by atoms with Crippen molar-refractivity contribution in [1.82, 2.24) is 10.6 Å². The van der Waals surface area contributed by atoms with Gasteiger partial charge in [0, 0.05) is 24.0 Å². The Morgan fingerprint density at radius 1 is 1.13 bits per heavy atom. The number of benzene rings is 2. The van der Waals surface area contributed by atoms with E-state index in [1.807, 2.05) is 56.4 Å². The molecule has 0 radical (unpaired) electrons. The fourth-order valence-corrected chi connectivity index (χ4v) is 2.47. The summed E-state index contributed by atoms with van der Waals surface area (Å²) in [7, 11) is 1.85. The first-order valence-electron chi connectivity index (χ1n) is 7.38. The number of halogens is 2. The van der Waals surface area contributed by atoms with Crippen molar-refractivity contribution in [3.63, 3.8) is 0 Å². The molecule has 5 heteroatoms. The third-order valence-electron chi connectivity index (χ3n) is 3.58. The molecule has 23 heavy (non-hydrogen) atoms. The second kappa shape index (κ2) is 9.56. The van der Waals surface area contributed by atoms with Gasteiger partial charge in [-0.2, -0.15) is 0 Å². The van der Waals surface area contributed by atoms with E-state index < -0.39 is 0 Å². The van der Waals surface area contributed by atoms with Crippen molar-refractivity contribution in [2.24, 2.45) is 5.92 Å². The van der Waals surface area contributed by atoms with Gasteiger partial charge in [-0.15, -0.1) is 12.4 Å². The quantitative estimate of drug-likeness (QED) is 0.827. The Balaban J connectivity index is 0.00000264. The zero-order chi connectivity index (χ0) is 15.9. The molecule has 2 aromatic carbocycles. The molecule has 1 unspecified atom stereocenters. The summed E-state index contributed by atoms with van der Waals surface area (Å²) < 4.78 is 0. The van der Waals surface area contributed by atoms with E-state index in [0.29, 0.717) is 13.1 Å². The molecule has 0 spiro atoms. The fraction of sp³-hybridized carbons (Fsp3) is 0.278. The van der Waals surface area contributed by atoms with Crippen LogP contribution in [0.25, 0.3) is 11.1 Å². The summed E-state index contributed by atoms with van der Waals surface area (Å²) in [5, 5.41) is 6.73. The molecular weight excluding hydrogens is 331 g/mol. The highest BCUT2D eigenvalue weighted by Crippen LogP contribution is 2.25.